The van der Waals surface area contributed by atoms with Crippen LogP contribution in [0.4, 0.5) is 11.4 Å². The lowest BCUT2D eigenvalue weighted by Gasteiger charge is -2.35. The third kappa shape index (κ3) is 3.63. The van der Waals surface area contributed by atoms with Crippen LogP contribution in [0.15, 0.2) is 48.5 Å². The molecule has 1 amide bonds. The lowest BCUT2D eigenvalue weighted by atomic mass is 10.1. The second kappa shape index (κ2) is 6.71. The first-order valence-electron chi connectivity index (χ1n) is 7.72. The summed E-state index contributed by atoms with van der Waals surface area (Å²) in [5.74, 6) is -0.123. The Morgan fingerprint density at radius 1 is 1.26 bits per heavy atom. The third-order valence-electron chi connectivity index (χ3n) is 3.97. The highest BCUT2D eigenvalue weighted by Crippen LogP contribution is 2.24. The molecule has 0 aliphatic carbocycles. The fraction of sp³-hybridized carbons (Fsp3) is 0.278. The van der Waals surface area contributed by atoms with E-state index >= 15 is 0 Å². The smallest absolute Gasteiger partial charge is 0.253 e. The summed E-state index contributed by atoms with van der Waals surface area (Å²) in [5.41, 5.74) is 9.52. The van der Waals surface area contributed by atoms with Crippen molar-refractivity contribution < 1.29 is 9.53 Å². The maximum atomic E-state index is 12.2. The molecule has 23 heavy (non-hydrogen) atoms. The molecule has 2 aromatic rings. The Morgan fingerprint density at radius 3 is 2.83 bits per heavy atom. The summed E-state index contributed by atoms with van der Waals surface area (Å²) in [5, 5.41) is 2.93. The largest absolute Gasteiger partial charge is 0.399 e. The second-order valence-corrected chi connectivity index (χ2v) is 5.69. The Labute approximate surface area is 136 Å². The van der Waals surface area contributed by atoms with E-state index in [0.717, 1.165) is 23.5 Å². The normalized spacial score (nSPS) is 17.8. The van der Waals surface area contributed by atoms with Crippen molar-refractivity contribution in [1.82, 2.24) is 5.32 Å². The van der Waals surface area contributed by atoms with E-state index in [1.54, 1.807) is 12.1 Å². The van der Waals surface area contributed by atoms with E-state index in [1.807, 2.05) is 36.4 Å². The average Bonchev–Trinajstić information content (AvgIpc) is 2.58. The van der Waals surface area contributed by atoms with Crippen molar-refractivity contribution in [1.29, 1.82) is 0 Å². The van der Waals surface area contributed by atoms with Gasteiger partial charge in [0.15, 0.2) is 0 Å². The van der Waals surface area contributed by atoms with Crippen molar-refractivity contribution in [3.63, 3.8) is 0 Å². The molecule has 1 saturated heterocycles. The molecule has 1 aliphatic heterocycles. The number of amides is 1. The number of hydrogen-bond acceptors (Lipinski definition) is 4. The minimum atomic E-state index is -0.336. The number of carbonyl (C=O) groups is 1. The summed E-state index contributed by atoms with van der Waals surface area (Å²) < 4.78 is 5.69. The van der Waals surface area contributed by atoms with Crippen molar-refractivity contribution in [2.75, 3.05) is 30.3 Å². The molecule has 1 heterocycles. The van der Waals surface area contributed by atoms with Gasteiger partial charge in [-0.15, -0.1) is 0 Å². The van der Waals surface area contributed by atoms with Gasteiger partial charge in [-0.3, -0.25) is 4.79 Å². The lowest BCUT2D eigenvalue weighted by Crippen LogP contribution is -2.51. The summed E-state index contributed by atoms with van der Waals surface area (Å²) in [7, 11) is 0. The molecule has 5 nitrogen and oxygen atoms in total. The van der Waals surface area contributed by atoms with E-state index in [0.29, 0.717) is 18.7 Å². The number of nitrogens with zero attached hydrogens (tertiary/aromatic N) is 1. The predicted octanol–water partition coefficient (Wildman–Crippen LogP) is 2.17. The first kappa shape index (κ1) is 15.4. The molecule has 1 fully saturated rings. The van der Waals surface area contributed by atoms with Crippen LogP contribution in [0.25, 0.3) is 0 Å². The number of nitrogens with two attached hydrogens (primary N) is 1. The number of nitrogen functional groups attached to an aromatic ring is 1. The Kier molecular flexibility index (Phi) is 4.48. The maximum Gasteiger partial charge on any atom is 0.253 e. The molecule has 0 radical (unpaired) electrons. The van der Waals surface area contributed by atoms with Gasteiger partial charge in [0, 0.05) is 23.5 Å². The number of hydrogen-bond donors (Lipinski definition) is 2. The van der Waals surface area contributed by atoms with Gasteiger partial charge in [-0.2, -0.15) is 0 Å². The van der Waals surface area contributed by atoms with Gasteiger partial charge in [0.05, 0.1) is 13.2 Å². The number of rotatable bonds is 3. The number of carbonyl (C=O) groups excluding carboxylic acids is 1. The molecular weight excluding hydrogens is 290 g/mol. The molecule has 1 unspecified atom stereocenters. The van der Waals surface area contributed by atoms with Crippen LogP contribution in [0.3, 0.4) is 0 Å². The minimum Gasteiger partial charge on any atom is -0.399 e. The highest BCUT2D eigenvalue weighted by molar-refractivity contribution is 5.94. The number of ether oxygens (including phenoxy) is 1. The van der Waals surface area contributed by atoms with Gasteiger partial charge in [-0.1, -0.05) is 24.3 Å². The molecule has 1 atom stereocenters. The molecular formula is C18H21N3O2. The number of benzene rings is 2. The first-order chi connectivity index (χ1) is 11.1. The van der Waals surface area contributed by atoms with Gasteiger partial charge in [0.25, 0.3) is 5.91 Å². The number of aryl methyl sites for hydroxylation is 1. The van der Waals surface area contributed by atoms with Crippen molar-refractivity contribution in [3.05, 3.63) is 59.7 Å². The third-order valence-corrected chi connectivity index (χ3v) is 3.97. The quantitative estimate of drug-likeness (QED) is 0.853. The standard InChI is InChI=1S/C18H21N3O2/c1-13-7-8-15(19)11-16(13)21-9-10-23-17(12-21)20-18(22)14-5-3-2-4-6-14/h2-8,11,17H,9-10,12,19H2,1H3,(H,20,22). The summed E-state index contributed by atoms with van der Waals surface area (Å²) in [6, 6.07) is 15.0. The van der Waals surface area contributed by atoms with Gasteiger partial charge in [-0.05, 0) is 36.8 Å². The SMILES string of the molecule is Cc1ccc(N)cc1N1CCOC(NC(=O)c2ccccc2)C1. The van der Waals surface area contributed by atoms with E-state index in [-0.39, 0.29) is 12.1 Å². The van der Waals surface area contributed by atoms with E-state index < -0.39 is 0 Å². The lowest BCUT2D eigenvalue weighted by molar-refractivity contribution is 0.0182. The zero-order chi connectivity index (χ0) is 16.2. The van der Waals surface area contributed by atoms with Crippen LogP contribution in [0.1, 0.15) is 15.9 Å². The Morgan fingerprint density at radius 2 is 2.04 bits per heavy atom. The van der Waals surface area contributed by atoms with Crippen LogP contribution in [0.5, 0.6) is 0 Å². The number of nitrogens with one attached hydrogen (secondary N) is 1. The van der Waals surface area contributed by atoms with Crippen LogP contribution in [0, 0.1) is 6.92 Å². The van der Waals surface area contributed by atoms with E-state index in [9.17, 15) is 4.79 Å². The van der Waals surface area contributed by atoms with E-state index in [4.69, 9.17) is 10.5 Å². The zero-order valence-corrected chi connectivity index (χ0v) is 13.2. The number of anilines is 2. The van der Waals surface area contributed by atoms with Crippen molar-refractivity contribution >= 4 is 17.3 Å². The molecule has 3 N–H and O–H groups in total. The molecule has 2 aromatic carbocycles. The molecule has 5 heteroatoms. The van der Waals surface area contributed by atoms with Crippen LogP contribution >= 0.6 is 0 Å². The zero-order valence-electron chi connectivity index (χ0n) is 13.2. The van der Waals surface area contributed by atoms with Crippen molar-refractivity contribution in [3.8, 4) is 0 Å². The Hall–Kier alpha value is -2.53. The molecule has 0 aromatic heterocycles. The molecule has 0 bridgehead atoms. The fourth-order valence-corrected chi connectivity index (χ4v) is 2.74. The number of morpholine rings is 1. The summed E-state index contributed by atoms with van der Waals surface area (Å²) in [6.45, 7) is 4.00. The first-order valence-corrected chi connectivity index (χ1v) is 7.72. The molecule has 0 spiro atoms. The minimum absolute atomic E-state index is 0.123. The van der Waals surface area contributed by atoms with Crippen molar-refractivity contribution in [2.45, 2.75) is 13.2 Å². The summed E-state index contributed by atoms with van der Waals surface area (Å²) >= 11 is 0. The van der Waals surface area contributed by atoms with Gasteiger partial charge in [-0.25, -0.2) is 0 Å². The van der Waals surface area contributed by atoms with Crippen LogP contribution in [-0.4, -0.2) is 31.8 Å². The Balaban J connectivity index is 1.69. The summed E-state index contributed by atoms with van der Waals surface area (Å²) in [4.78, 5) is 14.4. The molecule has 1 aliphatic rings. The maximum absolute atomic E-state index is 12.2. The van der Waals surface area contributed by atoms with Gasteiger partial charge < -0.3 is 20.7 Å². The highest BCUT2D eigenvalue weighted by Gasteiger charge is 2.23. The van der Waals surface area contributed by atoms with Crippen molar-refractivity contribution in [2.24, 2.45) is 0 Å². The molecule has 120 valence electrons. The van der Waals surface area contributed by atoms with Gasteiger partial charge in [0.2, 0.25) is 0 Å². The molecule has 0 saturated carbocycles. The highest BCUT2D eigenvalue weighted by atomic mass is 16.5. The Bertz CT molecular complexity index is 688. The van der Waals surface area contributed by atoms with E-state index in [1.165, 1.54) is 0 Å². The van der Waals surface area contributed by atoms with Crippen LogP contribution in [-0.2, 0) is 4.74 Å². The van der Waals surface area contributed by atoms with Gasteiger partial charge in [0.1, 0.15) is 6.23 Å². The topological polar surface area (TPSA) is 67.6 Å². The predicted molar refractivity (Wildman–Crippen MR) is 91.5 cm³/mol. The van der Waals surface area contributed by atoms with Crippen LogP contribution in [0.2, 0.25) is 0 Å². The van der Waals surface area contributed by atoms with E-state index in [2.05, 4.69) is 17.1 Å². The van der Waals surface area contributed by atoms with Crippen LogP contribution < -0.4 is 16.0 Å². The average molecular weight is 311 g/mol. The fourth-order valence-electron chi connectivity index (χ4n) is 2.74. The summed E-state index contributed by atoms with van der Waals surface area (Å²) in [6.07, 6.45) is -0.336. The van der Waals surface area contributed by atoms with Gasteiger partial charge >= 0.3 is 0 Å². The monoisotopic (exact) mass is 311 g/mol. The molecule has 3 rings (SSSR count). The second-order valence-electron chi connectivity index (χ2n) is 5.69.